The lowest BCUT2D eigenvalue weighted by molar-refractivity contribution is -0.0146. The second-order valence-electron chi connectivity index (χ2n) is 5.47. The first-order valence-corrected chi connectivity index (χ1v) is 7.58. The molecular weight excluding hydrogens is 322 g/mol. The maximum atomic E-state index is 12.2. The summed E-state index contributed by atoms with van der Waals surface area (Å²) in [5.74, 6) is -0.103. The van der Waals surface area contributed by atoms with Gasteiger partial charge in [0.2, 0.25) is 0 Å². The highest BCUT2D eigenvalue weighted by atomic mass is 79.9. The first kappa shape index (κ1) is 15.5. The third kappa shape index (κ3) is 3.81. The summed E-state index contributed by atoms with van der Waals surface area (Å²) >= 11 is 3.40. The molecule has 110 valence electrons. The molecule has 0 saturated carbocycles. The van der Waals surface area contributed by atoms with Crippen LogP contribution in [0.3, 0.4) is 0 Å². The SMILES string of the molecule is Cc1cc(Br)cc(C(=O)NCC2(CO)CCOCC2)c1. The average Bonchev–Trinajstić information content (AvgIpc) is 2.45. The van der Waals surface area contributed by atoms with Crippen LogP contribution in [-0.4, -0.2) is 37.4 Å². The fourth-order valence-electron chi connectivity index (χ4n) is 2.43. The second-order valence-corrected chi connectivity index (χ2v) is 6.39. The topological polar surface area (TPSA) is 58.6 Å². The molecule has 2 rings (SSSR count). The molecule has 1 aromatic rings. The summed E-state index contributed by atoms with van der Waals surface area (Å²) in [5.41, 5.74) is 1.43. The maximum Gasteiger partial charge on any atom is 0.251 e. The van der Waals surface area contributed by atoms with Crippen LogP contribution in [0.15, 0.2) is 22.7 Å². The van der Waals surface area contributed by atoms with E-state index in [0.29, 0.717) is 25.3 Å². The van der Waals surface area contributed by atoms with Crippen molar-refractivity contribution in [3.05, 3.63) is 33.8 Å². The van der Waals surface area contributed by atoms with Crippen molar-refractivity contribution in [1.29, 1.82) is 0 Å². The number of nitrogens with one attached hydrogen (secondary N) is 1. The van der Waals surface area contributed by atoms with Gasteiger partial charge in [0.15, 0.2) is 0 Å². The molecule has 2 N–H and O–H groups in total. The fourth-order valence-corrected chi connectivity index (χ4v) is 3.04. The van der Waals surface area contributed by atoms with E-state index in [1.165, 1.54) is 0 Å². The monoisotopic (exact) mass is 341 g/mol. The molecule has 0 atom stereocenters. The van der Waals surface area contributed by atoms with E-state index < -0.39 is 0 Å². The van der Waals surface area contributed by atoms with Crippen LogP contribution in [0, 0.1) is 12.3 Å². The van der Waals surface area contributed by atoms with E-state index in [1.54, 1.807) is 6.07 Å². The predicted molar refractivity (Wildman–Crippen MR) is 80.8 cm³/mol. The van der Waals surface area contributed by atoms with Gasteiger partial charge in [0, 0.05) is 35.2 Å². The Hall–Kier alpha value is -0.910. The molecule has 1 aliphatic rings. The van der Waals surface area contributed by atoms with Gasteiger partial charge in [0.25, 0.3) is 5.91 Å². The first-order valence-electron chi connectivity index (χ1n) is 6.79. The molecule has 1 amide bonds. The highest BCUT2D eigenvalue weighted by Gasteiger charge is 2.32. The van der Waals surface area contributed by atoms with E-state index in [2.05, 4.69) is 21.2 Å². The Morgan fingerprint density at radius 2 is 2.10 bits per heavy atom. The van der Waals surface area contributed by atoms with Crippen LogP contribution in [0.4, 0.5) is 0 Å². The van der Waals surface area contributed by atoms with E-state index in [-0.39, 0.29) is 17.9 Å². The van der Waals surface area contributed by atoms with Gasteiger partial charge >= 0.3 is 0 Å². The minimum atomic E-state index is -0.241. The van der Waals surface area contributed by atoms with Crippen molar-refractivity contribution < 1.29 is 14.6 Å². The number of amides is 1. The van der Waals surface area contributed by atoms with Crippen molar-refractivity contribution in [1.82, 2.24) is 5.32 Å². The van der Waals surface area contributed by atoms with E-state index >= 15 is 0 Å². The van der Waals surface area contributed by atoms with Crippen LogP contribution in [0.5, 0.6) is 0 Å². The molecule has 0 bridgehead atoms. The Balaban J connectivity index is 2.00. The summed E-state index contributed by atoms with van der Waals surface area (Å²) < 4.78 is 6.21. The molecule has 1 heterocycles. The Kier molecular flexibility index (Phi) is 5.18. The number of carbonyl (C=O) groups excluding carboxylic acids is 1. The van der Waals surface area contributed by atoms with Gasteiger partial charge in [0.05, 0.1) is 6.61 Å². The number of rotatable bonds is 4. The number of aliphatic hydroxyl groups is 1. The van der Waals surface area contributed by atoms with Crippen LogP contribution in [0.25, 0.3) is 0 Å². The molecule has 0 aliphatic carbocycles. The Morgan fingerprint density at radius 1 is 1.40 bits per heavy atom. The molecule has 4 nitrogen and oxygen atoms in total. The van der Waals surface area contributed by atoms with Gasteiger partial charge in [-0.15, -0.1) is 0 Å². The summed E-state index contributed by atoms with van der Waals surface area (Å²) in [6.45, 7) is 3.81. The number of carbonyl (C=O) groups is 1. The van der Waals surface area contributed by atoms with Crippen molar-refractivity contribution in [2.24, 2.45) is 5.41 Å². The number of hydrogen-bond acceptors (Lipinski definition) is 3. The number of hydrogen-bond donors (Lipinski definition) is 2. The lowest BCUT2D eigenvalue weighted by Gasteiger charge is -2.35. The van der Waals surface area contributed by atoms with Gasteiger partial charge in [-0.05, 0) is 43.5 Å². The molecule has 1 aromatic carbocycles. The molecule has 0 unspecified atom stereocenters. The van der Waals surface area contributed by atoms with Gasteiger partial charge in [-0.1, -0.05) is 15.9 Å². The molecule has 1 saturated heterocycles. The minimum absolute atomic E-state index is 0.0775. The normalized spacial score (nSPS) is 17.8. The van der Waals surface area contributed by atoms with Crippen LogP contribution in [-0.2, 0) is 4.74 Å². The number of ether oxygens (including phenoxy) is 1. The summed E-state index contributed by atoms with van der Waals surface area (Å²) in [5, 5.41) is 12.5. The molecular formula is C15H20BrNO3. The van der Waals surface area contributed by atoms with Gasteiger partial charge in [-0.2, -0.15) is 0 Å². The minimum Gasteiger partial charge on any atom is -0.396 e. The lowest BCUT2D eigenvalue weighted by atomic mass is 9.81. The zero-order chi connectivity index (χ0) is 14.6. The third-order valence-electron chi connectivity index (χ3n) is 3.82. The van der Waals surface area contributed by atoms with Crippen molar-refractivity contribution in [3.63, 3.8) is 0 Å². The molecule has 5 heteroatoms. The fraction of sp³-hybridized carbons (Fsp3) is 0.533. The number of aryl methyl sites for hydroxylation is 1. The smallest absolute Gasteiger partial charge is 0.251 e. The molecule has 20 heavy (non-hydrogen) atoms. The Bertz CT molecular complexity index is 464. The van der Waals surface area contributed by atoms with Crippen LogP contribution >= 0.6 is 15.9 Å². The van der Waals surface area contributed by atoms with Crippen molar-refractivity contribution in [2.45, 2.75) is 19.8 Å². The molecule has 0 radical (unpaired) electrons. The van der Waals surface area contributed by atoms with Crippen molar-refractivity contribution in [3.8, 4) is 0 Å². The van der Waals surface area contributed by atoms with E-state index in [1.807, 2.05) is 19.1 Å². The predicted octanol–water partition coefficient (Wildman–Crippen LogP) is 2.28. The number of halogens is 1. The molecule has 1 fully saturated rings. The molecule has 0 aromatic heterocycles. The molecule has 0 spiro atoms. The van der Waals surface area contributed by atoms with Gasteiger partial charge in [-0.3, -0.25) is 4.79 Å². The van der Waals surface area contributed by atoms with Gasteiger partial charge < -0.3 is 15.2 Å². The highest BCUT2D eigenvalue weighted by molar-refractivity contribution is 9.10. The largest absolute Gasteiger partial charge is 0.396 e. The van der Waals surface area contributed by atoms with Crippen LogP contribution < -0.4 is 5.32 Å². The van der Waals surface area contributed by atoms with Gasteiger partial charge in [-0.25, -0.2) is 0 Å². The maximum absolute atomic E-state index is 12.2. The Morgan fingerprint density at radius 3 is 2.70 bits per heavy atom. The summed E-state index contributed by atoms with van der Waals surface area (Å²) in [6.07, 6.45) is 1.56. The van der Waals surface area contributed by atoms with E-state index in [0.717, 1.165) is 22.9 Å². The summed E-state index contributed by atoms with van der Waals surface area (Å²) in [4.78, 5) is 12.2. The third-order valence-corrected chi connectivity index (χ3v) is 4.27. The zero-order valence-corrected chi connectivity index (χ0v) is 13.2. The second kappa shape index (κ2) is 6.70. The quantitative estimate of drug-likeness (QED) is 0.883. The van der Waals surface area contributed by atoms with E-state index in [9.17, 15) is 9.90 Å². The summed E-state index contributed by atoms with van der Waals surface area (Å²) in [7, 11) is 0. The zero-order valence-electron chi connectivity index (χ0n) is 11.6. The number of aliphatic hydroxyl groups excluding tert-OH is 1. The average molecular weight is 342 g/mol. The standard InChI is InChI=1S/C15H20BrNO3/c1-11-6-12(8-13(16)7-11)14(19)17-9-15(10-18)2-4-20-5-3-15/h6-8,18H,2-5,9-10H2,1H3,(H,17,19). The van der Waals surface area contributed by atoms with Crippen molar-refractivity contribution in [2.75, 3.05) is 26.4 Å². The number of benzene rings is 1. The summed E-state index contributed by atoms with van der Waals surface area (Å²) in [6, 6.07) is 5.62. The van der Waals surface area contributed by atoms with E-state index in [4.69, 9.17) is 4.74 Å². The van der Waals surface area contributed by atoms with Crippen LogP contribution in [0.1, 0.15) is 28.8 Å². The molecule has 1 aliphatic heterocycles. The first-order chi connectivity index (χ1) is 9.54. The Labute approximate surface area is 127 Å². The lowest BCUT2D eigenvalue weighted by Crippen LogP contribution is -2.43. The van der Waals surface area contributed by atoms with Gasteiger partial charge in [0.1, 0.15) is 0 Å². The highest BCUT2D eigenvalue weighted by Crippen LogP contribution is 2.29. The van der Waals surface area contributed by atoms with Crippen molar-refractivity contribution >= 4 is 21.8 Å². The van der Waals surface area contributed by atoms with Crippen LogP contribution in [0.2, 0.25) is 0 Å².